The van der Waals surface area contributed by atoms with E-state index in [9.17, 15) is 14.4 Å². The Balaban J connectivity index is 2.66. The minimum Gasteiger partial charge on any atom is -0.464 e. The van der Waals surface area contributed by atoms with Crippen LogP contribution >= 0.6 is 0 Å². The summed E-state index contributed by atoms with van der Waals surface area (Å²) in [5.41, 5.74) is -0.181. The molecule has 1 aliphatic heterocycles. The molecule has 1 aliphatic rings. The molecule has 1 aromatic carbocycles. The minimum atomic E-state index is -0.906. The molecule has 1 unspecified atom stereocenters. The van der Waals surface area contributed by atoms with E-state index in [0.29, 0.717) is 18.6 Å². The zero-order chi connectivity index (χ0) is 23.2. The number of carbonyl (C=O) groups is 3. The van der Waals surface area contributed by atoms with Gasteiger partial charge < -0.3 is 18.9 Å². The maximum Gasteiger partial charge on any atom is 0.421 e. The van der Waals surface area contributed by atoms with Crippen LogP contribution in [0.5, 0.6) is 5.75 Å². The van der Waals surface area contributed by atoms with E-state index in [0.717, 1.165) is 17.7 Å². The van der Waals surface area contributed by atoms with Crippen LogP contribution in [0.15, 0.2) is 12.1 Å². The molecule has 0 N–H and O–H groups in total. The highest BCUT2D eigenvalue weighted by Gasteiger charge is 2.38. The van der Waals surface area contributed by atoms with Crippen molar-refractivity contribution in [2.24, 2.45) is 5.41 Å². The van der Waals surface area contributed by atoms with Crippen LogP contribution in [0.2, 0.25) is 0 Å². The molecule has 1 saturated heterocycles. The van der Waals surface area contributed by atoms with E-state index in [1.807, 2.05) is 0 Å². The Hall–Kier alpha value is -2.61. The number of nitrogens with zero attached hydrogens (tertiary/aromatic N) is 1. The van der Waals surface area contributed by atoms with E-state index < -0.39 is 29.7 Å². The molecule has 31 heavy (non-hydrogen) atoms. The summed E-state index contributed by atoms with van der Waals surface area (Å²) >= 11 is 0. The Bertz CT molecular complexity index is 807. The molecule has 0 aliphatic carbocycles. The third kappa shape index (κ3) is 5.97. The largest absolute Gasteiger partial charge is 0.464 e. The molecule has 8 nitrogen and oxygen atoms in total. The Morgan fingerprint density at radius 3 is 2.32 bits per heavy atom. The smallest absolute Gasteiger partial charge is 0.421 e. The molecule has 0 bridgehead atoms. The number of carbonyl (C=O) groups excluding carboxylic acids is 3. The fraction of sp³-hybridized carbons (Fsp3) is 0.609. The number of ether oxygens (including phenoxy) is 4. The van der Waals surface area contributed by atoms with Gasteiger partial charge in [0.05, 0.1) is 25.5 Å². The van der Waals surface area contributed by atoms with Crippen LogP contribution in [0.25, 0.3) is 0 Å². The number of hydrogen-bond acceptors (Lipinski definition) is 7. The number of aryl methyl sites for hydroxylation is 1. The predicted molar refractivity (Wildman–Crippen MR) is 115 cm³/mol. The van der Waals surface area contributed by atoms with Crippen LogP contribution in [0.4, 0.5) is 10.5 Å². The lowest BCUT2D eigenvalue weighted by molar-refractivity contribution is -0.125. The Kier molecular flexibility index (Phi) is 8.44. The monoisotopic (exact) mass is 435 g/mol. The molecule has 172 valence electrons. The Labute approximate surface area is 183 Å². The Morgan fingerprint density at radius 1 is 1.10 bits per heavy atom. The standard InChI is InChI=1S/C23H33NO7/c1-7-28-20(25)18-16(24(22(27)29-8-2)21(26)23(4,5)6)13-12-15(3)19(18)31-17-11-9-10-14-30-17/h12-13,17H,7-11,14H2,1-6H3. The highest BCUT2D eigenvalue weighted by molar-refractivity contribution is 6.17. The second-order valence-corrected chi connectivity index (χ2v) is 8.33. The van der Waals surface area contributed by atoms with Gasteiger partial charge in [0.25, 0.3) is 0 Å². The van der Waals surface area contributed by atoms with Gasteiger partial charge in [0.15, 0.2) is 6.29 Å². The summed E-state index contributed by atoms with van der Waals surface area (Å²) in [6.45, 7) is 10.9. The van der Waals surface area contributed by atoms with Gasteiger partial charge >= 0.3 is 12.1 Å². The van der Waals surface area contributed by atoms with Crippen molar-refractivity contribution in [3.63, 3.8) is 0 Å². The molecule has 1 atom stereocenters. The fourth-order valence-electron chi connectivity index (χ4n) is 3.16. The van der Waals surface area contributed by atoms with Gasteiger partial charge in [0.1, 0.15) is 11.3 Å². The van der Waals surface area contributed by atoms with Crippen LogP contribution in [-0.2, 0) is 19.0 Å². The van der Waals surface area contributed by atoms with Gasteiger partial charge in [-0.1, -0.05) is 26.8 Å². The molecule has 1 aromatic rings. The molecular formula is C23H33NO7. The summed E-state index contributed by atoms with van der Waals surface area (Å²) in [7, 11) is 0. The summed E-state index contributed by atoms with van der Waals surface area (Å²) in [5, 5.41) is 0. The van der Waals surface area contributed by atoms with Crippen LogP contribution < -0.4 is 9.64 Å². The summed E-state index contributed by atoms with van der Waals surface area (Å²) in [4.78, 5) is 39.9. The average molecular weight is 436 g/mol. The number of anilines is 1. The molecular weight excluding hydrogens is 402 g/mol. The van der Waals surface area contributed by atoms with Crippen molar-refractivity contribution in [2.75, 3.05) is 24.7 Å². The van der Waals surface area contributed by atoms with Gasteiger partial charge in [0.2, 0.25) is 5.91 Å². The summed E-state index contributed by atoms with van der Waals surface area (Å²) < 4.78 is 22.1. The van der Waals surface area contributed by atoms with Gasteiger partial charge in [-0.3, -0.25) is 4.79 Å². The lowest BCUT2D eigenvalue weighted by atomic mass is 9.94. The zero-order valence-electron chi connectivity index (χ0n) is 19.3. The average Bonchev–Trinajstić information content (AvgIpc) is 2.71. The molecule has 8 heteroatoms. The van der Waals surface area contributed by atoms with Gasteiger partial charge in [-0.25, -0.2) is 14.5 Å². The van der Waals surface area contributed by atoms with E-state index in [1.165, 1.54) is 6.07 Å². The number of esters is 1. The van der Waals surface area contributed by atoms with E-state index in [1.54, 1.807) is 47.6 Å². The highest BCUT2D eigenvalue weighted by Crippen LogP contribution is 2.37. The van der Waals surface area contributed by atoms with Crippen molar-refractivity contribution in [3.05, 3.63) is 23.3 Å². The van der Waals surface area contributed by atoms with E-state index in [2.05, 4.69) is 0 Å². The Morgan fingerprint density at radius 2 is 1.77 bits per heavy atom. The summed E-state index contributed by atoms with van der Waals surface area (Å²) in [6, 6.07) is 3.23. The van der Waals surface area contributed by atoms with Gasteiger partial charge in [-0.15, -0.1) is 0 Å². The van der Waals surface area contributed by atoms with E-state index in [-0.39, 0.29) is 30.2 Å². The van der Waals surface area contributed by atoms with Crippen molar-refractivity contribution in [3.8, 4) is 5.75 Å². The van der Waals surface area contributed by atoms with Crippen LogP contribution in [0.1, 0.15) is 69.8 Å². The normalized spacial score (nSPS) is 16.4. The maximum atomic E-state index is 13.2. The van der Waals surface area contributed by atoms with E-state index in [4.69, 9.17) is 18.9 Å². The van der Waals surface area contributed by atoms with Gasteiger partial charge in [0, 0.05) is 11.8 Å². The first-order valence-electron chi connectivity index (χ1n) is 10.7. The first kappa shape index (κ1) is 24.7. The van der Waals surface area contributed by atoms with Crippen LogP contribution in [-0.4, -0.2) is 44.1 Å². The topological polar surface area (TPSA) is 91.4 Å². The maximum absolute atomic E-state index is 13.2. The van der Waals surface area contributed by atoms with Crippen LogP contribution in [0, 0.1) is 12.3 Å². The third-order valence-corrected chi connectivity index (χ3v) is 4.74. The number of benzene rings is 1. The van der Waals surface area contributed by atoms with E-state index >= 15 is 0 Å². The third-order valence-electron chi connectivity index (χ3n) is 4.74. The molecule has 0 saturated carbocycles. The summed E-state index contributed by atoms with van der Waals surface area (Å²) in [6.07, 6.45) is 1.17. The molecule has 1 heterocycles. The molecule has 0 radical (unpaired) electrons. The first-order valence-corrected chi connectivity index (χ1v) is 10.7. The molecule has 1 fully saturated rings. The lowest BCUT2D eigenvalue weighted by Gasteiger charge is -2.30. The molecule has 2 amide bonds. The molecule has 2 rings (SSSR count). The van der Waals surface area contributed by atoms with Crippen molar-refractivity contribution < 1.29 is 33.3 Å². The van der Waals surface area contributed by atoms with Crippen molar-refractivity contribution in [1.82, 2.24) is 0 Å². The fourth-order valence-corrected chi connectivity index (χ4v) is 3.16. The highest BCUT2D eigenvalue weighted by atomic mass is 16.7. The molecule has 0 spiro atoms. The predicted octanol–water partition coefficient (Wildman–Crippen LogP) is 4.61. The first-order chi connectivity index (χ1) is 14.6. The quantitative estimate of drug-likeness (QED) is 0.603. The van der Waals surface area contributed by atoms with Crippen molar-refractivity contribution >= 4 is 23.7 Å². The number of rotatable bonds is 6. The minimum absolute atomic E-state index is 0.00155. The van der Waals surface area contributed by atoms with Gasteiger partial charge in [-0.2, -0.15) is 0 Å². The van der Waals surface area contributed by atoms with Crippen LogP contribution in [0.3, 0.4) is 0 Å². The number of imide groups is 1. The number of hydrogen-bond donors (Lipinski definition) is 0. The number of amides is 2. The SMILES string of the molecule is CCOC(=O)c1c(N(C(=O)OCC)C(=O)C(C)(C)C)ccc(C)c1OC1CCCCO1. The lowest BCUT2D eigenvalue weighted by Crippen LogP contribution is -2.45. The molecule has 0 aromatic heterocycles. The van der Waals surface area contributed by atoms with Gasteiger partial charge in [-0.05, 0) is 45.2 Å². The second-order valence-electron chi connectivity index (χ2n) is 8.33. The summed E-state index contributed by atoms with van der Waals surface area (Å²) in [5.74, 6) is -0.970. The second kappa shape index (κ2) is 10.6. The van der Waals surface area contributed by atoms with Crippen molar-refractivity contribution in [1.29, 1.82) is 0 Å². The van der Waals surface area contributed by atoms with Crippen molar-refractivity contribution in [2.45, 2.75) is 67.1 Å². The zero-order valence-corrected chi connectivity index (χ0v) is 19.3.